The Morgan fingerprint density at radius 2 is 1.87 bits per heavy atom. The topological polar surface area (TPSA) is 67.4 Å². The van der Waals surface area contributed by atoms with Gasteiger partial charge in [-0.1, -0.05) is 41.9 Å². The van der Waals surface area contributed by atoms with Crippen molar-refractivity contribution in [1.82, 2.24) is 9.44 Å². The van der Waals surface area contributed by atoms with E-state index in [2.05, 4.69) is 9.44 Å². The molecule has 2 aromatic carbocycles. The van der Waals surface area contributed by atoms with Crippen molar-refractivity contribution in [2.45, 2.75) is 13.0 Å². The molecule has 0 amide bonds. The second-order valence-electron chi connectivity index (χ2n) is 4.91. The molecule has 124 valence electrons. The number of ether oxygens (including phenoxy) is 1. The van der Waals surface area contributed by atoms with Crippen molar-refractivity contribution in [3.63, 3.8) is 0 Å². The lowest BCUT2D eigenvalue weighted by atomic mass is 10.1. The first kappa shape index (κ1) is 17.7. The van der Waals surface area contributed by atoms with Crippen molar-refractivity contribution in [2.24, 2.45) is 0 Å². The van der Waals surface area contributed by atoms with Gasteiger partial charge in [-0.15, -0.1) is 0 Å². The number of methoxy groups -OCH3 is 1. The number of nitrogens with one attached hydrogen (secondary N) is 2. The van der Waals surface area contributed by atoms with E-state index in [1.54, 1.807) is 25.3 Å². The second-order valence-corrected chi connectivity index (χ2v) is 6.90. The van der Waals surface area contributed by atoms with Gasteiger partial charge >= 0.3 is 0 Å². The lowest BCUT2D eigenvalue weighted by molar-refractivity contribution is 0.414. The van der Waals surface area contributed by atoms with Gasteiger partial charge in [0.2, 0.25) is 0 Å². The summed E-state index contributed by atoms with van der Waals surface area (Å²) in [5.74, 6) is 0.688. The molecule has 0 spiro atoms. The van der Waals surface area contributed by atoms with Crippen molar-refractivity contribution < 1.29 is 13.2 Å². The number of halogens is 1. The van der Waals surface area contributed by atoms with Crippen molar-refractivity contribution >= 4 is 21.8 Å². The number of hydrogen-bond acceptors (Lipinski definition) is 3. The van der Waals surface area contributed by atoms with Crippen LogP contribution < -0.4 is 14.2 Å². The first-order valence-electron chi connectivity index (χ1n) is 7.11. The van der Waals surface area contributed by atoms with Crippen LogP contribution in [0, 0.1) is 0 Å². The van der Waals surface area contributed by atoms with Crippen LogP contribution in [0.3, 0.4) is 0 Å². The quantitative estimate of drug-likeness (QED) is 0.765. The maximum atomic E-state index is 11.9. The minimum Gasteiger partial charge on any atom is -0.497 e. The van der Waals surface area contributed by atoms with E-state index < -0.39 is 10.2 Å². The fraction of sp³-hybridized carbons (Fsp3) is 0.250. The van der Waals surface area contributed by atoms with E-state index in [1.165, 1.54) is 0 Å². The maximum absolute atomic E-state index is 11.9. The highest BCUT2D eigenvalue weighted by Crippen LogP contribution is 2.15. The largest absolute Gasteiger partial charge is 0.497 e. The van der Waals surface area contributed by atoms with E-state index in [-0.39, 0.29) is 13.1 Å². The standard InChI is InChI=1S/C16H19ClN2O3S/c1-22-15-7-4-5-13(11-15)12-19-23(20,21)18-10-9-14-6-2-3-8-16(14)17/h2-8,11,18-19H,9-10,12H2,1H3. The number of hydrogen-bond donors (Lipinski definition) is 2. The van der Waals surface area contributed by atoms with Gasteiger partial charge in [-0.2, -0.15) is 13.1 Å². The summed E-state index contributed by atoms with van der Waals surface area (Å²) in [5.41, 5.74) is 1.73. The summed E-state index contributed by atoms with van der Waals surface area (Å²) in [6.45, 7) is 0.468. The third-order valence-electron chi connectivity index (χ3n) is 3.24. The molecule has 2 rings (SSSR count). The van der Waals surface area contributed by atoms with Crippen LogP contribution in [0.5, 0.6) is 5.75 Å². The molecule has 0 aliphatic heterocycles. The first-order valence-corrected chi connectivity index (χ1v) is 8.97. The summed E-state index contributed by atoms with van der Waals surface area (Å²) in [6, 6.07) is 14.6. The Bertz CT molecular complexity index is 750. The molecule has 0 bridgehead atoms. The van der Waals surface area contributed by atoms with Crippen molar-refractivity contribution in [1.29, 1.82) is 0 Å². The molecule has 2 N–H and O–H groups in total. The monoisotopic (exact) mass is 354 g/mol. The molecule has 7 heteroatoms. The zero-order chi connectivity index (χ0) is 16.7. The van der Waals surface area contributed by atoms with Crippen LogP contribution in [0.15, 0.2) is 48.5 Å². The molecule has 0 radical (unpaired) electrons. The highest BCUT2D eigenvalue weighted by atomic mass is 35.5. The molecule has 23 heavy (non-hydrogen) atoms. The van der Waals surface area contributed by atoms with Crippen LogP contribution in [0.1, 0.15) is 11.1 Å². The predicted octanol–water partition coefficient (Wildman–Crippen LogP) is 2.52. The van der Waals surface area contributed by atoms with Gasteiger partial charge in [-0.3, -0.25) is 0 Å². The van der Waals surface area contributed by atoms with Gasteiger partial charge in [0.15, 0.2) is 0 Å². The van der Waals surface area contributed by atoms with Gasteiger partial charge in [0, 0.05) is 18.1 Å². The summed E-state index contributed by atoms with van der Waals surface area (Å²) in [6.07, 6.45) is 0.528. The molecule has 0 heterocycles. The number of rotatable bonds is 8. The Hall–Kier alpha value is -1.60. The summed E-state index contributed by atoms with van der Waals surface area (Å²) in [5, 5.41) is 0.635. The molecule has 2 aromatic rings. The van der Waals surface area contributed by atoms with Gasteiger partial charge in [-0.25, -0.2) is 4.72 Å². The summed E-state index contributed by atoms with van der Waals surface area (Å²) in [4.78, 5) is 0. The molecular weight excluding hydrogens is 336 g/mol. The van der Waals surface area contributed by atoms with Gasteiger partial charge in [0.05, 0.1) is 7.11 Å². The van der Waals surface area contributed by atoms with Crippen LogP contribution in [0.2, 0.25) is 5.02 Å². The Labute approximate surface area is 141 Å². The Morgan fingerprint density at radius 3 is 2.61 bits per heavy atom. The van der Waals surface area contributed by atoms with E-state index >= 15 is 0 Å². The smallest absolute Gasteiger partial charge is 0.277 e. The minimum absolute atomic E-state index is 0.193. The van der Waals surface area contributed by atoms with Crippen LogP contribution in [-0.4, -0.2) is 22.1 Å². The zero-order valence-electron chi connectivity index (χ0n) is 12.8. The van der Waals surface area contributed by atoms with Gasteiger partial charge in [0.1, 0.15) is 5.75 Å². The highest BCUT2D eigenvalue weighted by molar-refractivity contribution is 7.87. The third kappa shape index (κ3) is 5.84. The van der Waals surface area contributed by atoms with E-state index in [4.69, 9.17) is 16.3 Å². The van der Waals surface area contributed by atoms with Gasteiger partial charge in [0.25, 0.3) is 10.2 Å². The summed E-state index contributed by atoms with van der Waals surface area (Å²) in [7, 11) is -2.00. The lowest BCUT2D eigenvalue weighted by Gasteiger charge is -2.10. The van der Waals surface area contributed by atoms with Gasteiger partial charge in [-0.05, 0) is 35.7 Å². The second kappa shape index (κ2) is 8.31. The molecule has 0 saturated heterocycles. The fourth-order valence-corrected chi connectivity index (χ4v) is 3.09. The van der Waals surface area contributed by atoms with E-state index in [1.807, 2.05) is 30.3 Å². The molecule has 0 fully saturated rings. The molecule has 5 nitrogen and oxygen atoms in total. The summed E-state index contributed by atoms with van der Waals surface area (Å²) >= 11 is 6.04. The molecule has 0 saturated carbocycles. The first-order chi connectivity index (χ1) is 11.0. The Morgan fingerprint density at radius 1 is 1.09 bits per heavy atom. The SMILES string of the molecule is COc1cccc(CNS(=O)(=O)NCCc2ccccc2Cl)c1. The highest BCUT2D eigenvalue weighted by Gasteiger charge is 2.09. The maximum Gasteiger partial charge on any atom is 0.277 e. The molecule has 0 aliphatic carbocycles. The Balaban J connectivity index is 1.83. The molecule has 0 aliphatic rings. The van der Waals surface area contributed by atoms with Crippen LogP contribution >= 0.6 is 11.6 Å². The van der Waals surface area contributed by atoms with E-state index in [0.29, 0.717) is 17.2 Å². The lowest BCUT2D eigenvalue weighted by Crippen LogP contribution is -2.37. The van der Waals surface area contributed by atoms with Gasteiger partial charge < -0.3 is 4.74 Å². The average Bonchev–Trinajstić information content (AvgIpc) is 2.55. The van der Waals surface area contributed by atoms with Crippen molar-refractivity contribution in [3.05, 3.63) is 64.7 Å². The van der Waals surface area contributed by atoms with E-state index in [9.17, 15) is 8.42 Å². The predicted molar refractivity (Wildman–Crippen MR) is 91.9 cm³/mol. The molecule has 0 atom stereocenters. The minimum atomic E-state index is -3.57. The van der Waals surface area contributed by atoms with Crippen molar-refractivity contribution in [3.8, 4) is 5.75 Å². The van der Waals surface area contributed by atoms with E-state index in [0.717, 1.165) is 11.1 Å². The third-order valence-corrected chi connectivity index (χ3v) is 4.72. The Kier molecular flexibility index (Phi) is 6.41. The summed E-state index contributed by atoms with van der Waals surface area (Å²) < 4.78 is 34.0. The molecule has 0 aromatic heterocycles. The van der Waals surface area contributed by atoms with Crippen LogP contribution in [0.25, 0.3) is 0 Å². The van der Waals surface area contributed by atoms with Crippen LogP contribution in [0.4, 0.5) is 0 Å². The van der Waals surface area contributed by atoms with Crippen molar-refractivity contribution in [2.75, 3.05) is 13.7 Å². The average molecular weight is 355 g/mol. The number of benzene rings is 2. The molecular formula is C16H19ClN2O3S. The normalized spacial score (nSPS) is 11.4. The van der Waals surface area contributed by atoms with Crippen LogP contribution in [-0.2, 0) is 23.2 Å². The fourth-order valence-electron chi connectivity index (χ4n) is 2.03. The zero-order valence-corrected chi connectivity index (χ0v) is 14.3. The molecule has 0 unspecified atom stereocenters.